The third kappa shape index (κ3) is 5.30. The summed E-state index contributed by atoms with van der Waals surface area (Å²) >= 11 is 0. The first-order valence-corrected chi connectivity index (χ1v) is 24.6. The first kappa shape index (κ1) is 37.7. The van der Waals surface area contributed by atoms with Gasteiger partial charge in [-0.05, 0) is 95.4 Å². The van der Waals surface area contributed by atoms with Crippen molar-refractivity contribution in [1.29, 1.82) is 0 Å². The van der Waals surface area contributed by atoms with Crippen molar-refractivity contribution in [1.82, 2.24) is 14.4 Å². The number of fused-ring (bicyclic) bond motifs is 12. The Labute approximate surface area is 379 Å². The van der Waals surface area contributed by atoms with E-state index in [4.69, 9.17) is 9.97 Å². The summed E-state index contributed by atoms with van der Waals surface area (Å²) in [7, 11) is -3.33. The van der Waals surface area contributed by atoms with Gasteiger partial charge >= 0.3 is 0 Å². The molecule has 11 aromatic rings. The molecule has 0 N–H and O–H groups in total. The Morgan fingerprint density at radius 1 is 0.523 bits per heavy atom. The Morgan fingerprint density at radius 2 is 1.20 bits per heavy atom. The van der Waals surface area contributed by atoms with Crippen molar-refractivity contribution in [3.63, 3.8) is 0 Å². The summed E-state index contributed by atoms with van der Waals surface area (Å²) < 4.78 is 2.26. The van der Waals surface area contributed by atoms with Crippen molar-refractivity contribution >= 4 is 73.3 Å². The number of rotatable bonds is 6. The number of hydrogen-bond acceptors (Lipinski definition) is 3. The van der Waals surface area contributed by atoms with Crippen LogP contribution in [0.15, 0.2) is 225 Å². The van der Waals surface area contributed by atoms with Gasteiger partial charge in [-0.1, -0.05) is 190 Å². The van der Waals surface area contributed by atoms with E-state index in [9.17, 15) is 0 Å². The van der Waals surface area contributed by atoms with Crippen molar-refractivity contribution in [2.45, 2.75) is 25.2 Å². The molecule has 3 aromatic heterocycles. The minimum atomic E-state index is -3.33. The molecule has 0 bridgehead atoms. The van der Waals surface area contributed by atoms with Gasteiger partial charge in [-0.2, -0.15) is 0 Å². The highest BCUT2D eigenvalue weighted by atomic mass is 28.3. The maximum atomic E-state index is 5.13. The Kier molecular flexibility index (Phi) is 8.30. The zero-order chi connectivity index (χ0) is 43.3. The summed E-state index contributed by atoms with van der Waals surface area (Å²) in [4.78, 5) is 12.7. The number of nitrogens with zero attached hydrogens (tertiary/aromatic N) is 4. The maximum Gasteiger partial charge on any atom is 0.180 e. The maximum absolute atomic E-state index is 5.13. The summed E-state index contributed by atoms with van der Waals surface area (Å²) in [5, 5.41) is 8.92. The van der Waals surface area contributed by atoms with Crippen molar-refractivity contribution in [3.8, 4) is 11.1 Å². The van der Waals surface area contributed by atoms with Gasteiger partial charge < -0.3 is 0 Å². The fraction of sp³-hybridized carbons (Fsp3) is 0.0667. The zero-order valence-electron chi connectivity index (χ0n) is 36.2. The van der Waals surface area contributed by atoms with E-state index in [0.717, 1.165) is 28.1 Å². The molecule has 0 amide bonds. The molecule has 13 rings (SSSR count). The van der Waals surface area contributed by atoms with Crippen molar-refractivity contribution in [2.75, 3.05) is 4.90 Å². The number of benzene rings is 8. The van der Waals surface area contributed by atoms with Gasteiger partial charge in [0.1, 0.15) is 11.5 Å². The van der Waals surface area contributed by atoms with E-state index in [2.05, 4.69) is 230 Å². The Hall–Kier alpha value is -7.86. The van der Waals surface area contributed by atoms with Gasteiger partial charge in [0.2, 0.25) is 0 Å². The second-order valence-corrected chi connectivity index (χ2v) is 21.9. The van der Waals surface area contributed by atoms with Gasteiger partial charge in [0.25, 0.3) is 0 Å². The van der Waals surface area contributed by atoms with Gasteiger partial charge in [-0.3, -0.25) is 9.30 Å². The lowest BCUT2D eigenvalue weighted by Crippen LogP contribution is -2.75. The minimum absolute atomic E-state index is 0.0123. The van der Waals surface area contributed by atoms with Crippen molar-refractivity contribution in [3.05, 3.63) is 253 Å². The molecule has 0 saturated carbocycles. The lowest BCUT2D eigenvalue weighted by molar-refractivity contribution is 0.633. The predicted octanol–water partition coefficient (Wildman–Crippen LogP) is 11.7. The van der Waals surface area contributed by atoms with Crippen LogP contribution >= 0.6 is 0 Å². The SMILES string of the molecule is CC1(C)c2ccccc2N(c2ccccn2)c2cc([Si](c3ccccc3)(c3ccccc3)c3ccc4c5ccccc5n5ccnc5c4c3)c3c(c21)-c1ccccc1C3c1ccccc1. The molecular weight excluding hydrogens is 805 g/mol. The number of pyridine rings is 2. The van der Waals surface area contributed by atoms with E-state index in [1.165, 1.54) is 76.2 Å². The van der Waals surface area contributed by atoms with Crippen LogP contribution in [0.2, 0.25) is 0 Å². The average Bonchev–Trinajstić information content (AvgIpc) is 4.00. The molecule has 8 aromatic carbocycles. The molecule has 308 valence electrons. The molecule has 1 unspecified atom stereocenters. The molecule has 0 radical (unpaired) electrons. The van der Waals surface area contributed by atoms with Gasteiger partial charge in [0.05, 0.1) is 16.9 Å². The molecule has 4 heterocycles. The normalized spacial score (nSPS) is 14.9. The topological polar surface area (TPSA) is 33.4 Å². The summed E-state index contributed by atoms with van der Waals surface area (Å²) in [5.74, 6) is 0.890. The smallest absolute Gasteiger partial charge is 0.180 e. The van der Waals surface area contributed by atoms with Crippen LogP contribution in [-0.2, 0) is 5.41 Å². The predicted molar refractivity (Wildman–Crippen MR) is 271 cm³/mol. The minimum Gasteiger partial charge on any atom is -0.299 e. The number of aromatic nitrogens is 3. The molecule has 2 aliphatic rings. The molecule has 5 heteroatoms. The standard InChI is InChI=1S/C60H44N4Si/c1-60(2)49-29-15-17-31-51(49)64(54-32-18-19-35-61-54)52-39-53(57-55(40-20-6-3-7-21-40)46-27-12-13-28-47(46)56(57)58(52)60)65(41-22-8-4-9-23-41,42-24-10-5-11-25-42)43-33-34-44-45-26-14-16-30-50(45)63-37-36-62-59(63)48(44)38-43/h3-39,55H,1-2H3. The zero-order valence-corrected chi connectivity index (χ0v) is 37.2. The Balaban J connectivity index is 1.27. The molecule has 4 nitrogen and oxygen atoms in total. The van der Waals surface area contributed by atoms with E-state index in [1.807, 2.05) is 18.5 Å². The highest BCUT2D eigenvalue weighted by molar-refractivity contribution is 7.20. The average molecular weight is 849 g/mol. The molecule has 1 aliphatic heterocycles. The third-order valence-electron chi connectivity index (χ3n) is 14.5. The second kappa shape index (κ2) is 14.3. The molecule has 0 fully saturated rings. The summed E-state index contributed by atoms with van der Waals surface area (Å²) in [6.07, 6.45) is 5.97. The highest BCUT2D eigenvalue weighted by Gasteiger charge is 2.51. The van der Waals surface area contributed by atoms with E-state index in [0.29, 0.717) is 0 Å². The monoisotopic (exact) mass is 848 g/mol. The quantitative estimate of drug-likeness (QED) is 0.0949. The molecule has 1 aliphatic carbocycles. The lowest BCUT2D eigenvalue weighted by atomic mass is 9.70. The van der Waals surface area contributed by atoms with E-state index < -0.39 is 8.07 Å². The van der Waals surface area contributed by atoms with Gasteiger partial charge in [0.15, 0.2) is 8.07 Å². The summed E-state index contributed by atoms with van der Waals surface area (Å²) in [5.41, 5.74) is 13.4. The van der Waals surface area contributed by atoms with Crippen LogP contribution in [0.25, 0.3) is 38.4 Å². The van der Waals surface area contributed by atoms with E-state index in [1.54, 1.807) is 0 Å². The van der Waals surface area contributed by atoms with Gasteiger partial charge in [-0.25, -0.2) is 9.97 Å². The summed E-state index contributed by atoms with van der Waals surface area (Å²) in [6, 6.07) is 77.3. The van der Waals surface area contributed by atoms with Crippen LogP contribution in [0, 0.1) is 0 Å². The molecular formula is C60H44N4Si. The molecule has 65 heavy (non-hydrogen) atoms. The largest absolute Gasteiger partial charge is 0.299 e. The van der Waals surface area contributed by atoms with Gasteiger partial charge in [0, 0.05) is 40.7 Å². The second-order valence-electron chi connectivity index (χ2n) is 18.1. The number of para-hydroxylation sites is 2. The van der Waals surface area contributed by atoms with Crippen LogP contribution in [0.4, 0.5) is 17.2 Å². The van der Waals surface area contributed by atoms with E-state index >= 15 is 0 Å². The van der Waals surface area contributed by atoms with Crippen LogP contribution in [-0.4, -0.2) is 22.4 Å². The number of imidazole rings is 1. The van der Waals surface area contributed by atoms with Crippen LogP contribution < -0.4 is 25.6 Å². The highest BCUT2D eigenvalue weighted by Crippen LogP contribution is 2.59. The Bertz CT molecular complexity index is 3600. The van der Waals surface area contributed by atoms with Crippen molar-refractivity contribution < 1.29 is 0 Å². The van der Waals surface area contributed by atoms with Crippen molar-refractivity contribution in [2.24, 2.45) is 0 Å². The first-order chi connectivity index (χ1) is 32.0. The third-order valence-corrected chi connectivity index (χ3v) is 19.3. The Morgan fingerprint density at radius 3 is 1.97 bits per heavy atom. The van der Waals surface area contributed by atoms with Crippen LogP contribution in [0.5, 0.6) is 0 Å². The molecule has 0 spiro atoms. The fourth-order valence-electron chi connectivity index (χ4n) is 11.8. The number of anilines is 3. The first-order valence-electron chi connectivity index (χ1n) is 22.6. The fourth-order valence-corrected chi connectivity index (χ4v) is 16.9. The van der Waals surface area contributed by atoms with E-state index in [-0.39, 0.29) is 11.3 Å². The number of hydrogen-bond donors (Lipinski definition) is 0. The van der Waals surface area contributed by atoms with Crippen LogP contribution in [0.1, 0.15) is 47.6 Å². The van der Waals surface area contributed by atoms with Crippen LogP contribution in [0.3, 0.4) is 0 Å². The lowest BCUT2D eigenvalue weighted by Gasteiger charge is -2.45. The molecule has 1 atom stereocenters. The van der Waals surface area contributed by atoms with Gasteiger partial charge in [-0.15, -0.1) is 0 Å². The summed E-state index contributed by atoms with van der Waals surface area (Å²) in [6.45, 7) is 4.86. The molecule has 0 saturated heterocycles.